The van der Waals surface area contributed by atoms with Crippen molar-refractivity contribution in [3.8, 4) is 28.3 Å². The van der Waals surface area contributed by atoms with E-state index in [1.807, 2.05) is 60.7 Å². The number of rotatable bonds is 4. The summed E-state index contributed by atoms with van der Waals surface area (Å²) in [6, 6.07) is 29.6. The van der Waals surface area contributed by atoms with Crippen molar-refractivity contribution in [2.24, 2.45) is 0 Å². The number of carbonyl (C=O) groups excluding carboxylic acids is 1. The molecule has 0 spiro atoms. The van der Waals surface area contributed by atoms with Gasteiger partial charge < -0.3 is 4.90 Å². The molecule has 0 aliphatic carbocycles. The molecule has 0 atom stereocenters. The Hall–Kier alpha value is -4.21. The van der Waals surface area contributed by atoms with E-state index < -0.39 is 9.84 Å². The summed E-state index contributed by atoms with van der Waals surface area (Å²) in [5.41, 5.74) is 6.00. The largest absolute Gasteiger partial charge is 0.308 e. The van der Waals surface area contributed by atoms with E-state index in [0.717, 1.165) is 27.9 Å². The van der Waals surface area contributed by atoms with E-state index in [4.69, 9.17) is 0 Å². The summed E-state index contributed by atoms with van der Waals surface area (Å²) in [6.45, 7) is 0.548. The van der Waals surface area contributed by atoms with Crippen LogP contribution in [0.3, 0.4) is 0 Å². The number of nitrogens with zero attached hydrogens (tertiary/aromatic N) is 2. The lowest BCUT2D eigenvalue weighted by Crippen LogP contribution is -2.38. The summed E-state index contributed by atoms with van der Waals surface area (Å²) < 4.78 is 24.4. The maximum Gasteiger partial charge on any atom is 0.259 e. The molecule has 1 aliphatic rings. The predicted octanol–water partition coefficient (Wildman–Crippen LogP) is 5.50. The van der Waals surface area contributed by atoms with Crippen LogP contribution in [0, 0.1) is 11.3 Å². The number of fused-ring (bicyclic) bond motifs is 1. The Labute approximate surface area is 204 Å². The minimum atomic E-state index is -3.38. The molecular weight excluding hydrogens is 456 g/mol. The third-order valence-electron chi connectivity index (χ3n) is 6.29. The van der Waals surface area contributed by atoms with Crippen molar-refractivity contribution in [1.82, 2.24) is 0 Å². The minimum Gasteiger partial charge on any atom is -0.308 e. The first-order valence-corrected chi connectivity index (χ1v) is 13.1. The summed E-state index contributed by atoms with van der Waals surface area (Å²) in [6.07, 6.45) is 1.92. The van der Waals surface area contributed by atoms with Gasteiger partial charge in [-0.05, 0) is 59.0 Å². The van der Waals surface area contributed by atoms with E-state index in [1.165, 1.54) is 6.26 Å². The van der Waals surface area contributed by atoms with Gasteiger partial charge in [0.15, 0.2) is 9.84 Å². The van der Waals surface area contributed by atoms with Gasteiger partial charge in [0.25, 0.3) is 5.91 Å². The number of benzene rings is 4. The molecule has 0 N–H and O–H groups in total. The van der Waals surface area contributed by atoms with E-state index >= 15 is 0 Å². The lowest BCUT2D eigenvalue weighted by Gasteiger charge is -2.30. The second-order valence-corrected chi connectivity index (χ2v) is 10.5. The highest BCUT2D eigenvalue weighted by molar-refractivity contribution is 7.90. The van der Waals surface area contributed by atoms with Crippen LogP contribution < -0.4 is 4.90 Å². The van der Waals surface area contributed by atoms with E-state index in [0.29, 0.717) is 29.7 Å². The lowest BCUT2D eigenvalue weighted by atomic mass is 9.90. The highest BCUT2D eigenvalue weighted by Gasteiger charge is 2.28. The van der Waals surface area contributed by atoms with Crippen molar-refractivity contribution < 1.29 is 13.2 Å². The Bertz CT molecular complexity index is 1600. The lowest BCUT2D eigenvalue weighted by molar-refractivity contribution is 0.0981. The number of carbonyl (C=O) groups is 1. The molecule has 5 nitrogen and oxygen atoms in total. The summed E-state index contributed by atoms with van der Waals surface area (Å²) in [5.74, 6) is -0.0894. The average molecular weight is 479 g/mol. The number of anilines is 1. The first-order valence-electron chi connectivity index (χ1n) is 11.2. The molecule has 1 amide bonds. The molecule has 5 rings (SSSR count). The Morgan fingerprint density at radius 1 is 0.829 bits per heavy atom. The Morgan fingerprint density at radius 3 is 2.29 bits per heavy atom. The highest BCUT2D eigenvalue weighted by atomic mass is 32.2. The van der Waals surface area contributed by atoms with Crippen LogP contribution in [0.4, 0.5) is 5.69 Å². The van der Waals surface area contributed by atoms with Crippen LogP contribution in [0.1, 0.15) is 21.5 Å². The summed E-state index contributed by atoms with van der Waals surface area (Å²) in [7, 11) is -3.38. The topological polar surface area (TPSA) is 78.2 Å². The molecule has 0 radical (unpaired) electrons. The summed E-state index contributed by atoms with van der Waals surface area (Å²) in [5, 5.41) is 9.30. The van der Waals surface area contributed by atoms with Crippen LogP contribution in [0.15, 0.2) is 95.9 Å². The van der Waals surface area contributed by atoms with Gasteiger partial charge in [-0.1, -0.05) is 60.7 Å². The highest BCUT2D eigenvalue weighted by Crippen LogP contribution is 2.34. The number of nitriles is 1. The van der Waals surface area contributed by atoms with E-state index in [1.54, 1.807) is 35.2 Å². The van der Waals surface area contributed by atoms with Crippen molar-refractivity contribution in [1.29, 1.82) is 5.26 Å². The molecule has 1 heterocycles. The molecule has 6 heteroatoms. The molecular formula is C29H22N2O3S. The first-order chi connectivity index (χ1) is 16.9. The van der Waals surface area contributed by atoms with Gasteiger partial charge in [-0.25, -0.2) is 8.42 Å². The summed E-state index contributed by atoms with van der Waals surface area (Å²) in [4.78, 5) is 15.7. The van der Waals surface area contributed by atoms with Crippen LogP contribution in [0.5, 0.6) is 0 Å². The van der Waals surface area contributed by atoms with Gasteiger partial charge in [-0.3, -0.25) is 4.79 Å². The fourth-order valence-corrected chi connectivity index (χ4v) is 5.53. The third-order valence-corrected chi connectivity index (χ3v) is 7.45. The average Bonchev–Trinajstić information content (AvgIpc) is 2.88. The molecule has 35 heavy (non-hydrogen) atoms. The molecule has 4 aromatic rings. The molecule has 1 aliphatic heterocycles. The van der Waals surface area contributed by atoms with Crippen LogP contribution in [0.2, 0.25) is 0 Å². The monoisotopic (exact) mass is 478 g/mol. The Morgan fingerprint density at radius 2 is 1.54 bits per heavy atom. The second kappa shape index (κ2) is 8.86. The fourth-order valence-electron chi connectivity index (χ4n) is 4.62. The molecule has 172 valence electrons. The zero-order chi connectivity index (χ0) is 24.6. The van der Waals surface area contributed by atoms with Crippen LogP contribution in [0.25, 0.3) is 22.3 Å². The van der Waals surface area contributed by atoms with Crippen LogP contribution in [-0.4, -0.2) is 27.1 Å². The van der Waals surface area contributed by atoms with Crippen molar-refractivity contribution in [3.05, 3.63) is 108 Å². The Kier molecular flexibility index (Phi) is 5.72. The molecule has 0 unspecified atom stereocenters. The smallest absolute Gasteiger partial charge is 0.259 e. The quantitative estimate of drug-likeness (QED) is 0.388. The van der Waals surface area contributed by atoms with Crippen LogP contribution in [-0.2, 0) is 16.3 Å². The molecule has 4 aromatic carbocycles. The SMILES string of the molecule is CS(=O)(=O)c1ccccc1-c1ccc(N2CCc3cccc(-c4cccc(C#N)c4)c3C2=O)cc1. The van der Waals surface area contributed by atoms with E-state index in [-0.39, 0.29) is 10.8 Å². The normalized spacial score (nSPS) is 13.3. The van der Waals surface area contributed by atoms with Crippen molar-refractivity contribution >= 4 is 21.4 Å². The minimum absolute atomic E-state index is 0.0894. The van der Waals surface area contributed by atoms with Gasteiger partial charge >= 0.3 is 0 Å². The van der Waals surface area contributed by atoms with E-state index in [9.17, 15) is 18.5 Å². The van der Waals surface area contributed by atoms with Gasteiger partial charge in [0.2, 0.25) is 0 Å². The molecule has 0 saturated carbocycles. The third kappa shape index (κ3) is 4.23. The van der Waals surface area contributed by atoms with Gasteiger partial charge in [0.05, 0.1) is 22.1 Å². The van der Waals surface area contributed by atoms with Gasteiger partial charge in [0.1, 0.15) is 0 Å². The number of sulfone groups is 1. The molecule has 0 aromatic heterocycles. The zero-order valence-corrected chi connectivity index (χ0v) is 19.9. The maximum absolute atomic E-state index is 13.7. The maximum atomic E-state index is 13.7. The van der Waals surface area contributed by atoms with Gasteiger partial charge in [-0.2, -0.15) is 5.26 Å². The Balaban J connectivity index is 1.51. The second-order valence-electron chi connectivity index (χ2n) is 8.55. The standard InChI is InChI=1S/C29H22N2O3S/c1-35(33,34)27-11-3-2-9-25(27)21-12-14-24(15-13-21)31-17-16-22-7-5-10-26(28(22)29(31)32)23-8-4-6-20(18-23)19-30/h2-15,18H,16-17H2,1H3. The molecule has 0 fully saturated rings. The van der Waals surface area contributed by atoms with Gasteiger partial charge in [-0.15, -0.1) is 0 Å². The zero-order valence-electron chi connectivity index (χ0n) is 19.1. The number of amides is 1. The molecule has 0 saturated heterocycles. The van der Waals surface area contributed by atoms with Crippen LogP contribution >= 0.6 is 0 Å². The predicted molar refractivity (Wildman–Crippen MR) is 137 cm³/mol. The molecule has 0 bridgehead atoms. The summed E-state index contributed by atoms with van der Waals surface area (Å²) >= 11 is 0. The first kappa shape index (κ1) is 22.6. The fraction of sp³-hybridized carbons (Fsp3) is 0.103. The van der Waals surface area contributed by atoms with Crippen molar-refractivity contribution in [3.63, 3.8) is 0 Å². The van der Waals surface area contributed by atoms with Crippen molar-refractivity contribution in [2.45, 2.75) is 11.3 Å². The van der Waals surface area contributed by atoms with Gasteiger partial charge in [0, 0.05) is 24.1 Å². The number of hydrogen-bond donors (Lipinski definition) is 0. The van der Waals surface area contributed by atoms with E-state index in [2.05, 4.69) is 6.07 Å². The number of hydrogen-bond acceptors (Lipinski definition) is 4. The van der Waals surface area contributed by atoms with Crippen molar-refractivity contribution in [2.75, 3.05) is 17.7 Å².